The maximum atomic E-state index is 6.34. The Labute approximate surface area is 124 Å². The summed E-state index contributed by atoms with van der Waals surface area (Å²) in [5, 5.41) is 5.61. The fourth-order valence-corrected chi connectivity index (χ4v) is 2.61. The molecule has 1 aromatic carbocycles. The van der Waals surface area contributed by atoms with Crippen molar-refractivity contribution in [3.8, 4) is 0 Å². The van der Waals surface area contributed by atoms with E-state index in [9.17, 15) is 0 Å². The van der Waals surface area contributed by atoms with Crippen molar-refractivity contribution in [3.05, 3.63) is 59.5 Å². The van der Waals surface area contributed by atoms with Crippen molar-refractivity contribution in [2.75, 3.05) is 0 Å². The highest BCUT2D eigenvalue weighted by Gasteiger charge is 2.14. The highest BCUT2D eigenvalue weighted by molar-refractivity contribution is 5.78. The third kappa shape index (κ3) is 2.81. The number of nitrogens with two attached hydrogens (primary N) is 1. The molecule has 0 radical (unpaired) electrons. The van der Waals surface area contributed by atoms with Gasteiger partial charge in [-0.3, -0.25) is 9.67 Å². The van der Waals surface area contributed by atoms with Crippen LogP contribution in [-0.2, 0) is 19.9 Å². The van der Waals surface area contributed by atoms with Crippen LogP contribution in [0.5, 0.6) is 0 Å². The van der Waals surface area contributed by atoms with E-state index in [1.807, 2.05) is 29.9 Å². The van der Waals surface area contributed by atoms with E-state index < -0.39 is 0 Å². The van der Waals surface area contributed by atoms with Gasteiger partial charge in [-0.15, -0.1) is 0 Å². The van der Waals surface area contributed by atoms with Gasteiger partial charge in [-0.2, -0.15) is 5.10 Å². The van der Waals surface area contributed by atoms with Crippen LogP contribution >= 0.6 is 0 Å². The molecule has 108 valence electrons. The molecule has 3 rings (SSSR count). The number of aromatic nitrogens is 3. The van der Waals surface area contributed by atoms with Gasteiger partial charge in [-0.25, -0.2) is 0 Å². The molecule has 1 atom stereocenters. The number of benzene rings is 1. The molecule has 2 heterocycles. The molecule has 3 aromatic rings. The van der Waals surface area contributed by atoms with E-state index >= 15 is 0 Å². The summed E-state index contributed by atoms with van der Waals surface area (Å²) in [5.41, 5.74) is 10.5. The molecule has 0 fully saturated rings. The highest BCUT2D eigenvalue weighted by Crippen LogP contribution is 2.18. The predicted octanol–water partition coefficient (Wildman–Crippen LogP) is 2.77. The van der Waals surface area contributed by atoms with Crippen molar-refractivity contribution in [1.29, 1.82) is 0 Å². The van der Waals surface area contributed by atoms with Gasteiger partial charge >= 0.3 is 0 Å². The Balaban J connectivity index is 1.85. The first-order valence-corrected chi connectivity index (χ1v) is 7.30. The van der Waals surface area contributed by atoms with E-state index in [0.29, 0.717) is 6.42 Å². The van der Waals surface area contributed by atoms with E-state index in [2.05, 4.69) is 41.3 Å². The average molecular weight is 280 g/mol. The van der Waals surface area contributed by atoms with Crippen LogP contribution < -0.4 is 5.73 Å². The van der Waals surface area contributed by atoms with Crippen molar-refractivity contribution >= 4 is 10.9 Å². The first kappa shape index (κ1) is 13.8. The molecule has 0 bridgehead atoms. The van der Waals surface area contributed by atoms with Gasteiger partial charge in [0.1, 0.15) is 0 Å². The SMILES string of the molecule is CCc1cc(C(N)Cc2ccc3ccccc3n2)n(C)n1. The molecule has 21 heavy (non-hydrogen) atoms. The van der Waals surface area contributed by atoms with Crippen molar-refractivity contribution < 1.29 is 0 Å². The maximum absolute atomic E-state index is 6.34. The van der Waals surface area contributed by atoms with Gasteiger partial charge in [-0.1, -0.05) is 31.2 Å². The van der Waals surface area contributed by atoms with Crippen molar-refractivity contribution in [3.63, 3.8) is 0 Å². The summed E-state index contributed by atoms with van der Waals surface area (Å²) in [6.07, 6.45) is 1.64. The van der Waals surface area contributed by atoms with Crippen LogP contribution in [0.3, 0.4) is 0 Å². The number of nitrogens with zero attached hydrogens (tertiary/aromatic N) is 3. The second-order valence-corrected chi connectivity index (χ2v) is 5.34. The van der Waals surface area contributed by atoms with Crippen molar-refractivity contribution in [2.45, 2.75) is 25.8 Å². The second kappa shape index (κ2) is 5.66. The standard InChI is InChI=1S/C17H20N4/c1-3-13-11-17(21(2)20-13)15(18)10-14-9-8-12-6-4-5-7-16(12)19-14/h4-9,11,15H,3,10,18H2,1-2H3. The van der Waals surface area contributed by atoms with Gasteiger partial charge in [-0.05, 0) is 24.6 Å². The fraction of sp³-hybridized carbons (Fsp3) is 0.294. The Bertz CT molecular complexity index is 760. The molecule has 4 nitrogen and oxygen atoms in total. The zero-order valence-electron chi connectivity index (χ0n) is 12.5. The number of fused-ring (bicyclic) bond motifs is 1. The van der Waals surface area contributed by atoms with Crippen LogP contribution in [0.25, 0.3) is 10.9 Å². The monoisotopic (exact) mass is 280 g/mol. The molecule has 0 saturated heterocycles. The second-order valence-electron chi connectivity index (χ2n) is 5.34. The normalized spacial score (nSPS) is 12.7. The van der Waals surface area contributed by atoms with Crippen LogP contribution in [0, 0.1) is 0 Å². The van der Waals surface area contributed by atoms with Crippen LogP contribution in [0.1, 0.15) is 30.0 Å². The minimum atomic E-state index is -0.0866. The molecule has 2 N–H and O–H groups in total. The Hall–Kier alpha value is -2.20. The van der Waals surface area contributed by atoms with Gasteiger partial charge < -0.3 is 5.73 Å². The number of para-hydroxylation sites is 1. The Morgan fingerprint density at radius 2 is 1.95 bits per heavy atom. The summed E-state index contributed by atoms with van der Waals surface area (Å²) in [5.74, 6) is 0. The van der Waals surface area contributed by atoms with Gasteiger partial charge in [0.05, 0.1) is 22.9 Å². The number of hydrogen-bond acceptors (Lipinski definition) is 3. The lowest BCUT2D eigenvalue weighted by Crippen LogP contribution is -2.17. The van der Waals surface area contributed by atoms with E-state index in [1.165, 1.54) is 0 Å². The lowest BCUT2D eigenvalue weighted by molar-refractivity contribution is 0.609. The summed E-state index contributed by atoms with van der Waals surface area (Å²) >= 11 is 0. The summed E-state index contributed by atoms with van der Waals surface area (Å²) in [4.78, 5) is 4.69. The minimum absolute atomic E-state index is 0.0866. The molecule has 2 aromatic heterocycles. The first-order valence-electron chi connectivity index (χ1n) is 7.30. The molecule has 4 heteroatoms. The molecule has 0 aliphatic heterocycles. The molecule has 0 aliphatic carbocycles. The lowest BCUT2D eigenvalue weighted by atomic mass is 10.1. The molecular weight excluding hydrogens is 260 g/mol. The largest absolute Gasteiger partial charge is 0.322 e. The molecule has 0 amide bonds. The smallest absolute Gasteiger partial charge is 0.0705 e. The minimum Gasteiger partial charge on any atom is -0.322 e. The molecule has 0 saturated carbocycles. The number of rotatable bonds is 4. The van der Waals surface area contributed by atoms with Crippen LogP contribution in [0.15, 0.2) is 42.5 Å². The van der Waals surface area contributed by atoms with Gasteiger partial charge in [0.15, 0.2) is 0 Å². The molecule has 0 aliphatic rings. The zero-order chi connectivity index (χ0) is 14.8. The Morgan fingerprint density at radius 3 is 2.71 bits per heavy atom. The molecule has 1 unspecified atom stereocenters. The summed E-state index contributed by atoms with van der Waals surface area (Å²) in [6, 6.07) is 14.3. The van der Waals surface area contributed by atoms with Crippen LogP contribution in [0.2, 0.25) is 0 Å². The van der Waals surface area contributed by atoms with Crippen molar-refractivity contribution in [2.24, 2.45) is 12.8 Å². The van der Waals surface area contributed by atoms with E-state index in [4.69, 9.17) is 5.73 Å². The van der Waals surface area contributed by atoms with Gasteiger partial charge in [0.2, 0.25) is 0 Å². The van der Waals surface area contributed by atoms with Gasteiger partial charge in [0.25, 0.3) is 0 Å². The van der Waals surface area contributed by atoms with E-state index in [-0.39, 0.29) is 6.04 Å². The third-order valence-corrected chi connectivity index (χ3v) is 3.79. The number of aryl methyl sites for hydroxylation is 2. The maximum Gasteiger partial charge on any atom is 0.0705 e. The highest BCUT2D eigenvalue weighted by atomic mass is 15.3. The van der Waals surface area contributed by atoms with E-state index in [1.54, 1.807) is 0 Å². The molecular formula is C17H20N4. The van der Waals surface area contributed by atoms with Gasteiger partial charge in [0, 0.05) is 24.5 Å². The summed E-state index contributed by atoms with van der Waals surface area (Å²) in [6.45, 7) is 2.10. The Morgan fingerprint density at radius 1 is 1.14 bits per heavy atom. The predicted molar refractivity (Wildman–Crippen MR) is 85.0 cm³/mol. The average Bonchev–Trinajstić information content (AvgIpc) is 2.88. The lowest BCUT2D eigenvalue weighted by Gasteiger charge is -2.12. The number of pyridine rings is 1. The number of hydrogen-bond donors (Lipinski definition) is 1. The topological polar surface area (TPSA) is 56.7 Å². The van der Waals surface area contributed by atoms with Crippen LogP contribution in [-0.4, -0.2) is 14.8 Å². The zero-order valence-corrected chi connectivity index (χ0v) is 12.5. The quantitative estimate of drug-likeness (QED) is 0.799. The Kier molecular flexibility index (Phi) is 3.71. The first-order chi connectivity index (χ1) is 10.2. The third-order valence-electron chi connectivity index (χ3n) is 3.79. The molecule has 0 spiro atoms. The van der Waals surface area contributed by atoms with Crippen molar-refractivity contribution in [1.82, 2.24) is 14.8 Å². The van der Waals surface area contributed by atoms with E-state index in [0.717, 1.165) is 34.4 Å². The van der Waals surface area contributed by atoms with Crippen LogP contribution in [0.4, 0.5) is 0 Å². The summed E-state index contributed by atoms with van der Waals surface area (Å²) in [7, 11) is 1.95. The summed E-state index contributed by atoms with van der Waals surface area (Å²) < 4.78 is 1.88. The fourth-order valence-electron chi connectivity index (χ4n) is 2.61.